The Balaban J connectivity index is 2.65. The van der Waals surface area contributed by atoms with Gasteiger partial charge in [0.2, 0.25) is 0 Å². The summed E-state index contributed by atoms with van der Waals surface area (Å²) in [6.07, 6.45) is 2.77. The van der Waals surface area contributed by atoms with Gasteiger partial charge in [0.05, 0.1) is 6.20 Å². The highest BCUT2D eigenvalue weighted by atomic mass is 19.1. The molecule has 3 nitrogen and oxygen atoms in total. The van der Waals surface area contributed by atoms with Crippen LogP contribution in [0, 0.1) is 31.0 Å². The highest BCUT2D eigenvalue weighted by Gasteiger charge is 2.08. The molecule has 2 aromatic rings. The Kier molecular flexibility index (Phi) is 2.84. The van der Waals surface area contributed by atoms with Gasteiger partial charge in [-0.05, 0) is 37.1 Å². The molecule has 2 aromatic heterocycles. The molecule has 2 rings (SSSR count). The largest absolute Gasteiger partial charge is 0.261 e. The van der Waals surface area contributed by atoms with E-state index in [1.807, 2.05) is 12.1 Å². The van der Waals surface area contributed by atoms with Gasteiger partial charge in [0.1, 0.15) is 17.6 Å². The summed E-state index contributed by atoms with van der Waals surface area (Å²) >= 11 is 0. The minimum absolute atomic E-state index is 0.323. The molecule has 2 heterocycles. The smallest absolute Gasteiger partial charge is 0.145 e. The van der Waals surface area contributed by atoms with Crippen LogP contribution in [0.15, 0.2) is 24.5 Å². The molecule has 0 bridgehead atoms. The number of rotatable bonds is 1. The van der Waals surface area contributed by atoms with Crippen LogP contribution in [0.1, 0.15) is 17.0 Å². The highest BCUT2D eigenvalue weighted by Crippen LogP contribution is 2.24. The minimum Gasteiger partial charge on any atom is -0.261 e. The first kappa shape index (κ1) is 11.2. The van der Waals surface area contributed by atoms with E-state index in [0.717, 1.165) is 11.3 Å². The molecule has 84 valence electrons. The van der Waals surface area contributed by atoms with Crippen LogP contribution in [0.3, 0.4) is 0 Å². The summed E-state index contributed by atoms with van der Waals surface area (Å²) in [5, 5.41) is 8.86. The van der Waals surface area contributed by atoms with Gasteiger partial charge in [-0.25, -0.2) is 9.37 Å². The monoisotopic (exact) mass is 227 g/mol. The van der Waals surface area contributed by atoms with Gasteiger partial charge in [-0.15, -0.1) is 0 Å². The molecule has 4 heteroatoms. The lowest BCUT2D eigenvalue weighted by molar-refractivity contribution is 0.613. The Morgan fingerprint density at radius 3 is 2.71 bits per heavy atom. The van der Waals surface area contributed by atoms with Crippen molar-refractivity contribution in [2.24, 2.45) is 0 Å². The molecule has 0 unspecified atom stereocenters. The van der Waals surface area contributed by atoms with Gasteiger partial charge in [0.15, 0.2) is 0 Å². The third kappa shape index (κ3) is 2.13. The number of aromatic nitrogens is 2. The zero-order valence-corrected chi connectivity index (χ0v) is 9.53. The van der Waals surface area contributed by atoms with Crippen molar-refractivity contribution in [1.29, 1.82) is 5.26 Å². The van der Waals surface area contributed by atoms with Crippen molar-refractivity contribution in [2.45, 2.75) is 13.8 Å². The molecular formula is C13H10FN3. The van der Waals surface area contributed by atoms with Crippen molar-refractivity contribution < 1.29 is 4.39 Å². The van der Waals surface area contributed by atoms with Gasteiger partial charge < -0.3 is 0 Å². The van der Waals surface area contributed by atoms with E-state index < -0.39 is 0 Å². The average molecular weight is 227 g/mol. The van der Waals surface area contributed by atoms with Crippen LogP contribution in [0.2, 0.25) is 0 Å². The van der Waals surface area contributed by atoms with Gasteiger partial charge in [-0.3, -0.25) is 4.98 Å². The minimum atomic E-state index is -0.351. The third-order valence-corrected chi connectivity index (χ3v) is 2.53. The summed E-state index contributed by atoms with van der Waals surface area (Å²) in [7, 11) is 0. The summed E-state index contributed by atoms with van der Waals surface area (Å²) in [6, 6.07) is 5.43. The van der Waals surface area contributed by atoms with Gasteiger partial charge in [0, 0.05) is 17.5 Å². The Morgan fingerprint density at radius 1 is 1.24 bits per heavy atom. The Bertz CT molecular complexity index is 615. The maximum atomic E-state index is 13.4. The molecular weight excluding hydrogens is 217 g/mol. The number of pyridine rings is 2. The zero-order valence-electron chi connectivity index (χ0n) is 9.53. The molecule has 0 aromatic carbocycles. The fraction of sp³-hybridized carbons (Fsp3) is 0.154. The molecule has 0 amide bonds. The van der Waals surface area contributed by atoms with Crippen molar-refractivity contribution in [1.82, 2.24) is 9.97 Å². The van der Waals surface area contributed by atoms with Crippen LogP contribution in [0.4, 0.5) is 4.39 Å². The second-order valence-corrected chi connectivity index (χ2v) is 3.79. The number of nitriles is 1. The maximum Gasteiger partial charge on any atom is 0.145 e. The van der Waals surface area contributed by atoms with Gasteiger partial charge in [0.25, 0.3) is 0 Å². The van der Waals surface area contributed by atoms with E-state index in [-0.39, 0.29) is 5.82 Å². The normalized spacial score (nSPS) is 10.0. The van der Waals surface area contributed by atoms with E-state index in [1.165, 1.54) is 6.20 Å². The van der Waals surface area contributed by atoms with E-state index in [0.29, 0.717) is 16.8 Å². The molecule has 0 N–H and O–H groups in total. The molecule has 17 heavy (non-hydrogen) atoms. The van der Waals surface area contributed by atoms with Crippen LogP contribution < -0.4 is 0 Å². The number of halogens is 1. The van der Waals surface area contributed by atoms with Crippen LogP contribution in [-0.4, -0.2) is 9.97 Å². The van der Waals surface area contributed by atoms with Crippen LogP contribution in [-0.2, 0) is 0 Å². The summed E-state index contributed by atoms with van der Waals surface area (Å²) in [6.45, 7) is 3.49. The average Bonchev–Trinajstić information content (AvgIpc) is 2.31. The van der Waals surface area contributed by atoms with E-state index >= 15 is 0 Å². The van der Waals surface area contributed by atoms with Crippen molar-refractivity contribution in [2.75, 3.05) is 0 Å². The van der Waals surface area contributed by atoms with E-state index in [4.69, 9.17) is 5.26 Å². The van der Waals surface area contributed by atoms with Crippen molar-refractivity contribution in [3.63, 3.8) is 0 Å². The number of hydrogen-bond donors (Lipinski definition) is 0. The summed E-state index contributed by atoms with van der Waals surface area (Å²) in [5.41, 5.74) is 3.02. The molecule has 0 aliphatic carbocycles. The zero-order chi connectivity index (χ0) is 12.4. The topological polar surface area (TPSA) is 49.6 Å². The predicted molar refractivity (Wildman–Crippen MR) is 61.6 cm³/mol. The Labute approximate surface area is 98.6 Å². The number of nitrogens with zero attached hydrogens (tertiary/aromatic N) is 3. The third-order valence-electron chi connectivity index (χ3n) is 2.53. The predicted octanol–water partition coefficient (Wildman–Crippen LogP) is 2.77. The van der Waals surface area contributed by atoms with Gasteiger partial charge >= 0.3 is 0 Å². The first-order chi connectivity index (χ1) is 8.11. The molecule has 0 aliphatic heterocycles. The highest BCUT2D eigenvalue weighted by molar-refractivity contribution is 5.67. The summed E-state index contributed by atoms with van der Waals surface area (Å²) in [5.74, 6) is -0.351. The quantitative estimate of drug-likeness (QED) is 0.752. The van der Waals surface area contributed by atoms with Crippen molar-refractivity contribution in [3.05, 3.63) is 47.3 Å². The van der Waals surface area contributed by atoms with Gasteiger partial charge in [-0.2, -0.15) is 5.26 Å². The maximum absolute atomic E-state index is 13.4. The molecule has 0 spiro atoms. The molecule has 0 atom stereocenters. The number of aryl methyl sites for hydroxylation is 1. The molecule has 0 radical (unpaired) electrons. The first-order valence-corrected chi connectivity index (χ1v) is 5.11. The Morgan fingerprint density at radius 2 is 2.00 bits per heavy atom. The first-order valence-electron chi connectivity index (χ1n) is 5.11. The van der Waals surface area contributed by atoms with Gasteiger partial charge in [-0.1, -0.05) is 0 Å². The van der Waals surface area contributed by atoms with E-state index in [1.54, 1.807) is 26.1 Å². The van der Waals surface area contributed by atoms with Crippen molar-refractivity contribution >= 4 is 0 Å². The molecule has 0 saturated carbocycles. The molecule has 0 fully saturated rings. The second-order valence-electron chi connectivity index (χ2n) is 3.79. The number of hydrogen-bond acceptors (Lipinski definition) is 3. The van der Waals surface area contributed by atoms with Crippen LogP contribution in [0.25, 0.3) is 11.1 Å². The van der Waals surface area contributed by atoms with E-state index in [9.17, 15) is 4.39 Å². The van der Waals surface area contributed by atoms with E-state index in [2.05, 4.69) is 9.97 Å². The van der Waals surface area contributed by atoms with Crippen LogP contribution >= 0.6 is 0 Å². The Hall–Kier alpha value is -2.28. The lowest BCUT2D eigenvalue weighted by Gasteiger charge is -2.07. The SMILES string of the molecule is Cc1cc(-c2cncc(F)c2C)cc(C#N)n1. The fourth-order valence-corrected chi connectivity index (χ4v) is 1.67. The standard InChI is InChI=1S/C13H10FN3/c1-8-3-10(4-11(5-15)17-8)12-6-16-7-13(14)9(12)2/h3-4,6-7H,1-2H3. The second kappa shape index (κ2) is 4.30. The van der Waals surface area contributed by atoms with Crippen LogP contribution in [0.5, 0.6) is 0 Å². The lowest BCUT2D eigenvalue weighted by Crippen LogP contribution is -1.93. The molecule has 0 saturated heterocycles. The fourth-order valence-electron chi connectivity index (χ4n) is 1.67. The lowest BCUT2D eigenvalue weighted by atomic mass is 10.0. The van der Waals surface area contributed by atoms with Crippen molar-refractivity contribution in [3.8, 4) is 17.2 Å². The molecule has 0 aliphatic rings. The summed E-state index contributed by atoms with van der Waals surface area (Å²) in [4.78, 5) is 7.88. The summed E-state index contributed by atoms with van der Waals surface area (Å²) < 4.78 is 13.4.